The van der Waals surface area contributed by atoms with Crippen LogP contribution >= 0.6 is 11.3 Å². The average molecular weight is 370 g/mol. The van der Waals surface area contributed by atoms with Gasteiger partial charge >= 0.3 is 0 Å². The number of rotatable bonds is 5. The summed E-state index contributed by atoms with van der Waals surface area (Å²) < 4.78 is 7.37. The van der Waals surface area contributed by atoms with Crippen molar-refractivity contribution in [1.29, 1.82) is 0 Å². The molecular weight excluding hydrogens is 342 g/mol. The maximum absolute atomic E-state index is 6.35. The van der Waals surface area contributed by atoms with Crippen molar-refractivity contribution in [3.05, 3.63) is 39.5 Å². The zero-order valence-corrected chi connectivity index (χ0v) is 17.5. The van der Waals surface area contributed by atoms with E-state index in [1.807, 2.05) is 6.92 Å². The van der Waals surface area contributed by atoms with Crippen LogP contribution in [-0.2, 0) is 0 Å². The number of aromatic nitrogens is 2. The third-order valence-electron chi connectivity index (χ3n) is 4.64. The van der Waals surface area contributed by atoms with E-state index in [2.05, 4.69) is 63.6 Å². The van der Waals surface area contributed by atoms with Gasteiger partial charge in [-0.1, -0.05) is 17.7 Å². The van der Waals surface area contributed by atoms with Gasteiger partial charge in [0.25, 0.3) is 0 Å². The highest BCUT2D eigenvalue weighted by Gasteiger charge is 2.21. The van der Waals surface area contributed by atoms with Gasteiger partial charge < -0.3 is 9.64 Å². The lowest BCUT2D eigenvalue weighted by Gasteiger charge is -2.21. The number of benzene rings is 1. The molecule has 0 radical (unpaired) electrons. The first-order valence-electron chi connectivity index (χ1n) is 9.14. The number of anilines is 1. The molecule has 0 saturated heterocycles. The largest absolute Gasteiger partial charge is 0.437 e. The minimum atomic E-state index is 0.661. The molecule has 1 aromatic carbocycles. The SMILES string of the molecule is CCN(CC)c1c(C)sc2c(Oc3c(C)cc(C)cc3C)nc(C)nc12. The number of hydrogen-bond acceptors (Lipinski definition) is 5. The van der Waals surface area contributed by atoms with Gasteiger partial charge in [0.05, 0.1) is 5.69 Å². The second-order valence-electron chi connectivity index (χ2n) is 6.76. The van der Waals surface area contributed by atoms with Crippen molar-refractivity contribution in [2.24, 2.45) is 0 Å². The van der Waals surface area contributed by atoms with E-state index in [9.17, 15) is 0 Å². The van der Waals surface area contributed by atoms with Crippen molar-refractivity contribution in [2.75, 3.05) is 18.0 Å². The van der Waals surface area contributed by atoms with Crippen LogP contribution in [0.4, 0.5) is 5.69 Å². The Kier molecular flexibility index (Phi) is 5.19. The van der Waals surface area contributed by atoms with Gasteiger partial charge in [0.15, 0.2) is 0 Å². The molecule has 138 valence electrons. The highest BCUT2D eigenvalue weighted by atomic mass is 32.1. The average Bonchev–Trinajstić information content (AvgIpc) is 2.89. The molecule has 4 nitrogen and oxygen atoms in total. The molecule has 0 saturated carbocycles. The van der Waals surface area contributed by atoms with Crippen molar-refractivity contribution in [3.8, 4) is 11.6 Å². The highest BCUT2D eigenvalue weighted by Crippen LogP contribution is 2.42. The van der Waals surface area contributed by atoms with Crippen LogP contribution in [-0.4, -0.2) is 23.1 Å². The van der Waals surface area contributed by atoms with Crippen LogP contribution in [0.5, 0.6) is 11.6 Å². The summed E-state index contributed by atoms with van der Waals surface area (Å²) in [5, 5.41) is 0. The molecule has 0 aliphatic heterocycles. The quantitative estimate of drug-likeness (QED) is 0.563. The molecule has 0 N–H and O–H groups in total. The molecule has 3 rings (SSSR count). The predicted molar refractivity (Wildman–Crippen MR) is 111 cm³/mol. The summed E-state index contributed by atoms with van der Waals surface area (Å²) in [6.07, 6.45) is 0. The molecule has 0 aliphatic rings. The Hall–Kier alpha value is -2.14. The van der Waals surface area contributed by atoms with Crippen LogP contribution in [0.1, 0.15) is 41.2 Å². The van der Waals surface area contributed by atoms with Crippen LogP contribution in [0.3, 0.4) is 0 Å². The normalized spacial score (nSPS) is 11.2. The Morgan fingerprint density at radius 3 is 2.15 bits per heavy atom. The summed E-state index contributed by atoms with van der Waals surface area (Å²) in [5.41, 5.74) is 5.71. The summed E-state index contributed by atoms with van der Waals surface area (Å²) in [5.74, 6) is 2.29. The number of hydrogen-bond donors (Lipinski definition) is 0. The van der Waals surface area contributed by atoms with Gasteiger partial charge in [-0.25, -0.2) is 4.98 Å². The van der Waals surface area contributed by atoms with Crippen LogP contribution < -0.4 is 9.64 Å². The Bertz CT molecular complexity index is 935. The molecule has 26 heavy (non-hydrogen) atoms. The summed E-state index contributed by atoms with van der Waals surface area (Å²) in [6, 6.07) is 4.29. The zero-order valence-electron chi connectivity index (χ0n) is 16.7. The van der Waals surface area contributed by atoms with Gasteiger partial charge in [0.1, 0.15) is 21.8 Å². The first-order valence-corrected chi connectivity index (χ1v) is 9.95. The van der Waals surface area contributed by atoms with Crippen molar-refractivity contribution < 1.29 is 4.74 Å². The van der Waals surface area contributed by atoms with Gasteiger partial charge in [-0.3, -0.25) is 0 Å². The van der Waals surface area contributed by atoms with Crippen LogP contribution in [0.15, 0.2) is 12.1 Å². The third kappa shape index (κ3) is 3.28. The standard InChI is InChI=1S/C21H27N3OS/c1-8-24(9-2)18-15(6)26-20-17(18)22-16(7)23-21(20)25-19-13(4)10-12(3)11-14(19)5/h10-11H,8-9H2,1-7H3. The minimum absolute atomic E-state index is 0.661. The van der Waals surface area contributed by atoms with Gasteiger partial charge in [0.2, 0.25) is 5.88 Å². The molecule has 2 heterocycles. The maximum atomic E-state index is 6.35. The fraction of sp³-hybridized carbons (Fsp3) is 0.429. The summed E-state index contributed by atoms with van der Waals surface area (Å²) in [4.78, 5) is 13.0. The molecule has 0 atom stereocenters. The highest BCUT2D eigenvalue weighted by molar-refractivity contribution is 7.20. The van der Waals surface area contributed by atoms with Crippen molar-refractivity contribution in [2.45, 2.75) is 48.5 Å². The molecular formula is C21H27N3OS. The van der Waals surface area contributed by atoms with E-state index in [4.69, 9.17) is 9.72 Å². The maximum Gasteiger partial charge on any atom is 0.240 e. The second kappa shape index (κ2) is 7.23. The Morgan fingerprint density at radius 1 is 0.962 bits per heavy atom. The lowest BCUT2D eigenvalue weighted by molar-refractivity contribution is 0.460. The zero-order chi connectivity index (χ0) is 19.0. The fourth-order valence-electron chi connectivity index (χ4n) is 3.56. The molecule has 0 aliphatic carbocycles. The first kappa shape index (κ1) is 18.6. The molecule has 2 aromatic heterocycles. The Labute approximate surface area is 159 Å². The molecule has 0 fully saturated rings. The predicted octanol–water partition coefficient (Wildman–Crippen LogP) is 5.87. The van der Waals surface area contributed by atoms with Crippen LogP contribution in [0.25, 0.3) is 10.2 Å². The third-order valence-corrected chi connectivity index (χ3v) is 5.71. The Balaban J connectivity index is 2.18. The topological polar surface area (TPSA) is 38.2 Å². The van der Waals surface area contributed by atoms with Crippen LogP contribution in [0.2, 0.25) is 0 Å². The van der Waals surface area contributed by atoms with E-state index >= 15 is 0 Å². The second-order valence-corrected chi connectivity index (χ2v) is 7.99. The van der Waals surface area contributed by atoms with Crippen molar-refractivity contribution in [3.63, 3.8) is 0 Å². The molecule has 0 spiro atoms. The van der Waals surface area contributed by atoms with Gasteiger partial charge in [0, 0.05) is 18.0 Å². The number of thiophene rings is 1. The molecule has 0 amide bonds. The van der Waals surface area contributed by atoms with E-state index in [0.29, 0.717) is 5.88 Å². The lowest BCUT2D eigenvalue weighted by atomic mass is 10.1. The summed E-state index contributed by atoms with van der Waals surface area (Å²) in [6.45, 7) is 16.6. The first-order chi connectivity index (χ1) is 12.3. The summed E-state index contributed by atoms with van der Waals surface area (Å²) in [7, 11) is 0. The van der Waals surface area contributed by atoms with Crippen molar-refractivity contribution >= 4 is 27.2 Å². The van der Waals surface area contributed by atoms with E-state index in [1.54, 1.807) is 11.3 Å². The molecule has 3 aromatic rings. The smallest absolute Gasteiger partial charge is 0.240 e. The van der Waals surface area contributed by atoms with Gasteiger partial charge in [-0.2, -0.15) is 4.98 Å². The van der Waals surface area contributed by atoms with Gasteiger partial charge in [-0.05, 0) is 59.6 Å². The van der Waals surface area contributed by atoms with Crippen molar-refractivity contribution in [1.82, 2.24) is 9.97 Å². The number of aryl methyl sites for hydroxylation is 5. The summed E-state index contributed by atoms with van der Waals surface area (Å²) >= 11 is 1.72. The fourth-order valence-corrected chi connectivity index (χ4v) is 4.61. The van der Waals surface area contributed by atoms with E-state index in [0.717, 1.165) is 46.0 Å². The Morgan fingerprint density at radius 2 is 1.58 bits per heavy atom. The van der Waals surface area contributed by atoms with E-state index in [-0.39, 0.29) is 0 Å². The van der Waals surface area contributed by atoms with E-state index < -0.39 is 0 Å². The number of fused-ring (bicyclic) bond motifs is 1. The van der Waals surface area contributed by atoms with Crippen LogP contribution in [0, 0.1) is 34.6 Å². The molecule has 5 heteroatoms. The lowest BCUT2D eigenvalue weighted by Crippen LogP contribution is -2.22. The van der Waals surface area contributed by atoms with E-state index in [1.165, 1.54) is 16.1 Å². The minimum Gasteiger partial charge on any atom is -0.437 e. The number of nitrogens with zero attached hydrogens (tertiary/aromatic N) is 3. The monoisotopic (exact) mass is 369 g/mol. The molecule has 0 unspecified atom stereocenters. The number of ether oxygens (including phenoxy) is 1. The van der Waals surface area contributed by atoms with Gasteiger partial charge in [-0.15, -0.1) is 11.3 Å². The molecule has 0 bridgehead atoms.